The second-order valence-electron chi connectivity index (χ2n) is 10.7. The highest BCUT2D eigenvalue weighted by molar-refractivity contribution is 5.98. The lowest BCUT2D eigenvalue weighted by Gasteiger charge is -2.39. The van der Waals surface area contributed by atoms with E-state index in [-0.39, 0.29) is 17.8 Å². The van der Waals surface area contributed by atoms with Gasteiger partial charge in [0.25, 0.3) is 0 Å². The number of aryl methyl sites for hydroxylation is 1. The number of piperidine rings is 1. The number of esters is 1. The van der Waals surface area contributed by atoms with Crippen LogP contribution >= 0.6 is 0 Å². The Morgan fingerprint density at radius 3 is 2.40 bits per heavy atom. The Labute approximate surface area is 237 Å². The number of carbonyl (C=O) groups is 3. The van der Waals surface area contributed by atoms with Gasteiger partial charge in [-0.15, -0.1) is 0 Å². The van der Waals surface area contributed by atoms with Crippen LogP contribution in [0.5, 0.6) is 11.5 Å². The van der Waals surface area contributed by atoms with E-state index in [1.807, 2.05) is 51.1 Å². The van der Waals surface area contributed by atoms with Gasteiger partial charge in [0.1, 0.15) is 12.1 Å². The first-order valence-corrected chi connectivity index (χ1v) is 13.9. The van der Waals surface area contributed by atoms with E-state index in [1.165, 1.54) is 6.08 Å². The molecule has 0 bridgehead atoms. The summed E-state index contributed by atoms with van der Waals surface area (Å²) in [6.45, 7) is 9.86. The maximum Gasteiger partial charge on any atom is 0.329 e. The highest BCUT2D eigenvalue weighted by Gasteiger charge is 2.39. The highest BCUT2D eigenvalue weighted by Crippen LogP contribution is 2.33. The van der Waals surface area contributed by atoms with Gasteiger partial charge >= 0.3 is 5.97 Å². The minimum atomic E-state index is -0.609. The van der Waals surface area contributed by atoms with Crippen LogP contribution in [0.4, 0.5) is 5.69 Å². The van der Waals surface area contributed by atoms with Crippen LogP contribution in [0, 0.1) is 5.41 Å². The third-order valence-corrected chi connectivity index (χ3v) is 7.64. The largest absolute Gasteiger partial charge is 0.493 e. The first kappa shape index (κ1) is 30.7. The Kier molecular flexibility index (Phi) is 10.8. The van der Waals surface area contributed by atoms with Crippen LogP contribution in [-0.2, 0) is 25.5 Å². The molecule has 8 heteroatoms. The molecule has 0 aliphatic carbocycles. The minimum absolute atomic E-state index is 0.0131. The molecule has 1 fully saturated rings. The summed E-state index contributed by atoms with van der Waals surface area (Å²) < 4.78 is 17.0. The van der Waals surface area contributed by atoms with Crippen molar-refractivity contribution in [2.75, 3.05) is 26.1 Å². The molecule has 216 valence electrons. The summed E-state index contributed by atoms with van der Waals surface area (Å²) in [7, 11) is 3.19. The maximum absolute atomic E-state index is 13.6. The third-order valence-electron chi connectivity index (χ3n) is 7.64. The van der Waals surface area contributed by atoms with E-state index in [4.69, 9.17) is 14.2 Å². The number of anilines is 1. The number of nitrogens with zero attached hydrogens (tertiary/aromatic N) is 1. The lowest BCUT2D eigenvalue weighted by atomic mass is 9.86. The number of hydrogen-bond acceptors (Lipinski definition) is 6. The van der Waals surface area contributed by atoms with E-state index in [0.717, 1.165) is 24.0 Å². The molecule has 1 aliphatic heterocycles. The van der Waals surface area contributed by atoms with Crippen molar-refractivity contribution in [3.63, 3.8) is 0 Å². The average Bonchev–Trinajstić information content (AvgIpc) is 2.98. The van der Waals surface area contributed by atoms with E-state index in [2.05, 4.69) is 11.9 Å². The van der Waals surface area contributed by atoms with Gasteiger partial charge in [0.2, 0.25) is 11.8 Å². The molecule has 8 nitrogen and oxygen atoms in total. The monoisotopic (exact) mass is 550 g/mol. The molecule has 1 saturated heterocycles. The molecule has 1 heterocycles. The molecule has 1 N–H and O–H groups in total. The standard InChI is InChI=1S/C32H42N2O6/c1-7-29(35)33-24-16-14-23(15-17-24)26(18-12-22-13-19-27(38-5)28(21-22)39-6)40-30(36)25-11-9-10-20-34(25)31(37)32(3,4)8-2/h7,13-17,19,21,25-26H,1,8-12,18,20H2,2-6H3,(H,33,35)/t25-,26+/m0/s1. The normalized spacial score (nSPS) is 16.0. The molecule has 40 heavy (non-hydrogen) atoms. The SMILES string of the molecule is C=CC(=O)Nc1ccc([C@@H](CCc2ccc(OC)c(OC)c2)OC(=O)[C@@H]2CCCCN2C(=O)C(C)(C)CC)cc1. The molecular formula is C32H42N2O6. The Morgan fingerprint density at radius 2 is 1.77 bits per heavy atom. The topological polar surface area (TPSA) is 94.2 Å². The van der Waals surface area contributed by atoms with Crippen LogP contribution in [0.15, 0.2) is 55.1 Å². The lowest BCUT2D eigenvalue weighted by Crippen LogP contribution is -2.52. The number of methoxy groups -OCH3 is 2. The van der Waals surface area contributed by atoms with Crippen LogP contribution in [0.2, 0.25) is 0 Å². The van der Waals surface area contributed by atoms with Crippen molar-refractivity contribution in [2.24, 2.45) is 5.41 Å². The smallest absolute Gasteiger partial charge is 0.329 e. The van der Waals surface area contributed by atoms with Gasteiger partial charge in [0, 0.05) is 17.6 Å². The van der Waals surface area contributed by atoms with Crippen LogP contribution in [-0.4, -0.2) is 49.5 Å². The Morgan fingerprint density at radius 1 is 1.07 bits per heavy atom. The zero-order valence-electron chi connectivity index (χ0n) is 24.3. The van der Waals surface area contributed by atoms with Crippen molar-refractivity contribution in [1.82, 2.24) is 4.90 Å². The highest BCUT2D eigenvalue weighted by atomic mass is 16.5. The lowest BCUT2D eigenvalue weighted by molar-refractivity contribution is -0.165. The summed E-state index contributed by atoms with van der Waals surface area (Å²) in [4.78, 5) is 40.4. The molecule has 2 aromatic carbocycles. The fourth-order valence-corrected chi connectivity index (χ4v) is 4.78. The maximum atomic E-state index is 13.6. The van der Waals surface area contributed by atoms with Crippen molar-refractivity contribution in [1.29, 1.82) is 0 Å². The van der Waals surface area contributed by atoms with Crippen molar-refractivity contribution in [2.45, 2.75) is 71.4 Å². The molecular weight excluding hydrogens is 508 g/mol. The zero-order chi connectivity index (χ0) is 29.3. The van der Waals surface area contributed by atoms with Gasteiger partial charge in [0.15, 0.2) is 11.5 Å². The molecule has 2 atom stereocenters. The number of benzene rings is 2. The molecule has 3 rings (SSSR count). The van der Waals surface area contributed by atoms with Crippen molar-refractivity contribution in [3.05, 3.63) is 66.2 Å². The fraction of sp³-hybridized carbons (Fsp3) is 0.469. The van der Waals surface area contributed by atoms with Crippen LogP contribution < -0.4 is 14.8 Å². The van der Waals surface area contributed by atoms with Crippen LogP contribution in [0.1, 0.15) is 70.1 Å². The van der Waals surface area contributed by atoms with Gasteiger partial charge in [-0.1, -0.05) is 45.5 Å². The molecule has 1 aliphatic rings. The zero-order valence-corrected chi connectivity index (χ0v) is 24.3. The van der Waals surface area contributed by atoms with Crippen molar-refractivity contribution >= 4 is 23.5 Å². The van der Waals surface area contributed by atoms with Gasteiger partial charge in [-0.2, -0.15) is 0 Å². The molecule has 0 aromatic heterocycles. The predicted molar refractivity (Wildman–Crippen MR) is 155 cm³/mol. The summed E-state index contributed by atoms with van der Waals surface area (Å²) >= 11 is 0. The van der Waals surface area contributed by atoms with Crippen molar-refractivity contribution in [3.8, 4) is 11.5 Å². The Bertz CT molecular complexity index is 1190. The first-order chi connectivity index (χ1) is 19.1. The Hall–Kier alpha value is -3.81. The van der Waals surface area contributed by atoms with Crippen LogP contribution in [0.3, 0.4) is 0 Å². The van der Waals surface area contributed by atoms with Gasteiger partial charge < -0.3 is 24.4 Å². The molecule has 0 radical (unpaired) electrons. The number of likely N-dealkylation sites (tertiary alicyclic amines) is 1. The van der Waals surface area contributed by atoms with E-state index < -0.39 is 17.6 Å². The predicted octanol–water partition coefficient (Wildman–Crippen LogP) is 5.86. The summed E-state index contributed by atoms with van der Waals surface area (Å²) in [5.41, 5.74) is 1.87. The second-order valence-corrected chi connectivity index (χ2v) is 10.7. The molecule has 2 aromatic rings. The molecule has 0 saturated carbocycles. The summed E-state index contributed by atoms with van der Waals surface area (Å²) in [6.07, 6.45) is 4.79. The van der Waals surface area contributed by atoms with E-state index >= 15 is 0 Å². The molecule has 2 amide bonds. The van der Waals surface area contributed by atoms with Crippen molar-refractivity contribution < 1.29 is 28.6 Å². The van der Waals surface area contributed by atoms with Gasteiger partial charge in [-0.25, -0.2) is 4.79 Å². The molecule has 0 spiro atoms. The first-order valence-electron chi connectivity index (χ1n) is 13.9. The second kappa shape index (κ2) is 14.0. The number of amides is 2. The summed E-state index contributed by atoms with van der Waals surface area (Å²) in [5.74, 6) is 0.567. The van der Waals surface area contributed by atoms with Gasteiger partial charge in [0.05, 0.1) is 14.2 Å². The quantitative estimate of drug-likeness (QED) is 0.263. The number of ether oxygens (including phenoxy) is 3. The number of carbonyl (C=O) groups excluding carboxylic acids is 3. The summed E-state index contributed by atoms with van der Waals surface area (Å²) in [6, 6.07) is 12.4. The average molecular weight is 551 g/mol. The van der Waals surface area contributed by atoms with Gasteiger partial charge in [-0.3, -0.25) is 9.59 Å². The summed E-state index contributed by atoms with van der Waals surface area (Å²) in [5, 5.41) is 2.73. The molecule has 0 unspecified atom stereocenters. The van der Waals surface area contributed by atoms with Gasteiger partial charge in [-0.05, 0) is 80.0 Å². The fourth-order valence-electron chi connectivity index (χ4n) is 4.78. The number of rotatable bonds is 12. The number of nitrogens with one attached hydrogen (secondary N) is 1. The Balaban J connectivity index is 1.85. The van der Waals surface area contributed by atoms with E-state index in [1.54, 1.807) is 31.3 Å². The minimum Gasteiger partial charge on any atom is -0.493 e. The van der Waals surface area contributed by atoms with E-state index in [0.29, 0.717) is 49.4 Å². The van der Waals surface area contributed by atoms with E-state index in [9.17, 15) is 14.4 Å². The number of hydrogen-bond donors (Lipinski definition) is 1. The van der Waals surface area contributed by atoms with Crippen LogP contribution in [0.25, 0.3) is 0 Å². The third kappa shape index (κ3) is 7.64.